The van der Waals surface area contributed by atoms with Crippen LogP contribution in [0.1, 0.15) is 43.6 Å². The minimum atomic E-state index is 0.128. The second kappa shape index (κ2) is 5.67. The van der Waals surface area contributed by atoms with E-state index in [1.54, 1.807) is 12.4 Å². The van der Waals surface area contributed by atoms with Crippen LogP contribution in [0.4, 0.5) is 0 Å². The van der Waals surface area contributed by atoms with E-state index >= 15 is 0 Å². The first-order valence-electron chi connectivity index (χ1n) is 5.02. The number of nitrogens with zero attached hydrogens (tertiary/aromatic N) is 2. The van der Waals surface area contributed by atoms with Crippen molar-refractivity contribution in [3.8, 4) is 0 Å². The van der Waals surface area contributed by atoms with Crippen LogP contribution in [0, 0.1) is 6.92 Å². The van der Waals surface area contributed by atoms with Crippen molar-refractivity contribution in [2.45, 2.75) is 39.2 Å². The molecule has 0 saturated heterocycles. The molecule has 78 valence electrons. The highest BCUT2D eigenvalue weighted by Crippen LogP contribution is 2.15. The molecule has 1 atom stereocenters. The number of unbranched alkanes of at least 4 members (excludes halogenated alkanes) is 1. The van der Waals surface area contributed by atoms with Gasteiger partial charge in [-0.05, 0) is 13.3 Å². The summed E-state index contributed by atoms with van der Waals surface area (Å²) in [5, 5.41) is 0. The summed E-state index contributed by atoms with van der Waals surface area (Å²) in [4.78, 5) is 8.50. The molecule has 0 aliphatic rings. The van der Waals surface area contributed by atoms with Gasteiger partial charge in [-0.2, -0.15) is 0 Å². The lowest BCUT2D eigenvalue weighted by atomic mass is 10.1. The van der Waals surface area contributed by atoms with Gasteiger partial charge in [-0.1, -0.05) is 19.8 Å². The van der Waals surface area contributed by atoms with Gasteiger partial charge < -0.3 is 0 Å². The van der Waals surface area contributed by atoms with Crippen molar-refractivity contribution >= 4 is 0 Å². The van der Waals surface area contributed by atoms with E-state index in [1.807, 2.05) is 6.92 Å². The monoisotopic (exact) mass is 194 g/mol. The first kappa shape index (κ1) is 11.1. The molecule has 4 nitrogen and oxygen atoms in total. The molecule has 1 rings (SSSR count). The molecular weight excluding hydrogens is 176 g/mol. The van der Waals surface area contributed by atoms with Gasteiger partial charge >= 0.3 is 0 Å². The Morgan fingerprint density at radius 3 is 2.71 bits per heavy atom. The van der Waals surface area contributed by atoms with E-state index in [4.69, 9.17) is 5.84 Å². The van der Waals surface area contributed by atoms with Crippen LogP contribution >= 0.6 is 0 Å². The zero-order valence-corrected chi connectivity index (χ0v) is 8.83. The molecule has 14 heavy (non-hydrogen) atoms. The average molecular weight is 194 g/mol. The molecule has 0 radical (unpaired) electrons. The lowest BCUT2D eigenvalue weighted by molar-refractivity contribution is 0.483. The molecule has 1 aromatic heterocycles. The Labute approximate surface area is 84.9 Å². The van der Waals surface area contributed by atoms with Gasteiger partial charge in [0.15, 0.2) is 0 Å². The summed E-state index contributed by atoms with van der Waals surface area (Å²) in [6.07, 6.45) is 6.87. The summed E-state index contributed by atoms with van der Waals surface area (Å²) in [5.41, 5.74) is 4.62. The van der Waals surface area contributed by atoms with Gasteiger partial charge in [-0.3, -0.25) is 21.2 Å². The Balaban J connectivity index is 2.64. The number of hydrogen-bond donors (Lipinski definition) is 2. The summed E-state index contributed by atoms with van der Waals surface area (Å²) in [6, 6.07) is 0.128. The summed E-state index contributed by atoms with van der Waals surface area (Å²) in [7, 11) is 0. The van der Waals surface area contributed by atoms with E-state index in [0.717, 1.165) is 30.7 Å². The van der Waals surface area contributed by atoms with Gasteiger partial charge in [0.2, 0.25) is 0 Å². The van der Waals surface area contributed by atoms with Gasteiger partial charge in [0.1, 0.15) is 0 Å². The highest BCUT2D eigenvalue weighted by Gasteiger charge is 2.09. The minimum Gasteiger partial charge on any atom is -0.271 e. The van der Waals surface area contributed by atoms with Crippen LogP contribution in [0.25, 0.3) is 0 Å². The molecular formula is C10H18N4. The Hall–Kier alpha value is -1.00. The van der Waals surface area contributed by atoms with Crippen molar-refractivity contribution in [3.05, 3.63) is 23.8 Å². The Morgan fingerprint density at radius 1 is 1.43 bits per heavy atom. The molecule has 0 fully saturated rings. The number of aromatic nitrogens is 2. The smallest absolute Gasteiger partial charge is 0.0769 e. The minimum absolute atomic E-state index is 0.128. The molecule has 0 amide bonds. The fourth-order valence-corrected chi connectivity index (χ4v) is 1.31. The van der Waals surface area contributed by atoms with E-state index in [9.17, 15) is 0 Å². The number of nitrogens with two attached hydrogens (primary N) is 1. The van der Waals surface area contributed by atoms with Crippen LogP contribution in [0.5, 0.6) is 0 Å². The van der Waals surface area contributed by atoms with E-state index in [1.165, 1.54) is 0 Å². The maximum atomic E-state index is 5.47. The summed E-state index contributed by atoms with van der Waals surface area (Å²) in [5.74, 6) is 5.47. The molecule has 0 bridgehead atoms. The first-order valence-corrected chi connectivity index (χ1v) is 5.02. The topological polar surface area (TPSA) is 63.8 Å². The molecule has 1 heterocycles. The van der Waals surface area contributed by atoms with Crippen LogP contribution in [0.2, 0.25) is 0 Å². The predicted molar refractivity (Wildman–Crippen MR) is 56.4 cm³/mol. The molecule has 3 N–H and O–H groups in total. The van der Waals surface area contributed by atoms with Crippen molar-refractivity contribution in [3.63, 3.8) is 0 Å². The van der Waals surface area contributed by atoms with Crippen LogP contribution in [-0.2, 0) is 0 Å². The second-order valence-corrected chi connectivity index (χ2v) is 3.44. The van der Waals surface area contributed by atoms with Gasteiger partial charge in [0.25, 0.3) is 0 Å². The number of rotatable bonds is 5. The fourth-order valence-electron chi connectivity index (χ4n) is 1.31. The Kier molecular flexibility index (Phi) is 4.49. The van der Waals surface area contributed by atoms with Crippen molar-refractivity contribution in [1.29, 1.82) is 0 Å². The molecule has 0 spiro atoms. The maximum absolute atomic E-state index is 5.47. The van der Waals surface area contributed by atoms with E-state index < -0.39 is 0 Å². The zero-order valence-electron chi connectivity index (χ0n) is 8.83. The van der Waals surface area contributed by atoms with Crippen molar-refractivity contribution in [2.75, 3.05) is 0 Å². The van der Waals surface area contributed by atoms with E-state index in [-0.39, 0.29) is 6.04 Å². The highest BCUT2D eigenvalue weighted by atomic mass is 15.2. The molecule has 1 unspecified atom stereocenters. The third kappa shape index (κ3) is 3.05. The molecule has 1 aromatic rings. The molecule has 4 heteroatoms. The predicted octanol–water partition coefficient (Wildman–Crippen LogP) is 1.48. The number of nitrogens with one attached hydrogen (secondary N) is 1. The van der Waals surface area contributed by atoms with Crippen molar-refractivity contribution in [2.24, 2.45) is 5.84 Å². The van der Waals surface area contributed by atoms with Gasteiger partial charge in [0.05, 0.1) is 23.6 Å². The zero-order chi connectivity index (χ0) is 10.4. The third-order valence-corrected chi connectivity index (χ3v) is 2.21. The van der Waals surface area contributed by atoms with Gasteiger partial charge in [-0.15, -0.1) is 0 Å². The molecule has 0 aliphatic heterocycles. The standard InChI is InChI=1S/C10H18N4/c1-3-4-5-9(14-11)10-7-12-8(2)6-13-10/h6-7,9,14H,3-5,11H2,1-2H3. The van der Waals surface area contributed by atoms with Crippen LogP contribution in [-0.4, -0.2) is 9.97 Å². The highest BCUT2D eigenvalue weighted by molar-refractivity contribution is 5.05. The molecule has 0 aromatic carbocycles. The van der Waals surface area contributed by atoms with Crippen LogP contribution < -0.4 is 11.3 Å². The number of hydrogen-bond acceptors (Lipinski definition) is 4. The fraction of sp³-hybridized carbons (Fsp3) is 0.600. The molecule has 0 saturated carbocycles. The Bertz CT molecular complexity index is 257. The Morgan fingerprint density at radius 2 is 2.21 bits per heavy atom. The lowest BCUT2D eigenvalue weighted by Gasteiger charge is -2.14. The summed E-state index contributed by atoms with van der Waals surface area (Å²) in [6.45, 7) is 4.09. The average Bonchev–Trinajstić information content (AvgIpc) is 2.21. The van der Waals surface area contributed by atoms with Crippen LogP contribution in [0.3, 0.4) is 0 Å². The number of hydrazine groups is 1. The second-order valence-electron chi connectivity index (χ2n) is 3.44. The lowest BCUT2D eigenvalue weighted by Crippen LogP contribution is -2.28. The van der Waals surface area contributed by atoms with Gasteiger partial charge in [-0.25, -0.2) is 0 Å². The van der Waals surface area contributed by atoms with E-state index in [0.29, 0.717) is 0 Å². The summed E-state index contributed by atoms with van der Waals surface area (Å²) < 4.78 is 0. The number of aryl methyl sites for hydroxylation is 1. The quantitative estimate of drug-likeness (QED) is 0.550. The normalized spacial score (nSPS) is 12.8. The maximum Gasteiger partial charge on any atom is 0.0769 e. The summed E-state index contributed by atoms with van der Waals surface area (Å²) >= 11 is 0. The van der Waals surface area contributed by atoms with Crippen LogP contribution in [0.15, 0.2) is 12.4 Å². The molecule has 0 aliphatic carbocycles. The van der Waals surface area contributed by atoms with Gasteiger partial charge in [0, 0.05) is 6.20 Å². The van der Waals surface area contributed by atoms with Crippen molar-refractivity contribution < 1.29 is 0 Å². The SMILES string of the molecule is CCCCC(NN)c1cnc(C)cn1. The first-order chi connectivity index (χ1) is 6.77. The van der Waals surface area contributed by atoms with E-state index in [2.05, 4.69) is 22.3 Å². The third-order valence-electron chi connectivity index (χ3n) is 2.21. The van der Waals surface area contributed by atoms with Crippen molar-refractivity contribution in [1.82, 2.24) is 15.4 Å². The largest absolute Gasteiger partial charge is 0.271 e.